The second-order valence-electron chi connectivity index (χ2n) is 4.96. The van der Waals surface area contributed by atoms with Crippen LogP contribution in [0.4, 0.5) is 0 Å². The summed E-state index contributed by atoms with van der Waals surface area (Å²) in [5.41, 5.74) is 1.81. The van der Waals surface area contributed by atoms with Crippen LogP contribution in [0.25, 0.3) is 11.1 Å². The maximum atomic E-state index is 11.4. The van der Waals surface area contributed by atoms with Crippen LogP contribution in [0.1, 0.15) is 41.9 Å². The number of nitrogens with one attached hydrogen (secondary N) is 1. The lowest BCUT2D eigenvalue weighted by molar-refractivity contribution is 0.101. The number of aromatic nitrogens is 1. The summed E-state index contributed by atoms with van der Waals surface area (Å²) in [6.45, 7) is 3.44. The molecular formula is C14H15ClN2O2. The van der Waals surface area contributed by atoms with Crippen LogP contribution in [-0.2, 0) is 0 Å². The van der Waals surface area contributed by atoms with Crippen molar-refractivity contribution < 1.29 is 9.21 Å². The highest BCUT2D eigenvalue weighted by molar-refractivity contribution is 6.35. The van der Waals surface area contributed by atoms with Crippen molar-refractivity contribution in [1.82, 2.24) is 10.3 Å². The molecule has 4 nitrogen and oxygen atoms in total. The van der Waals surface area contributed by atoms with Gasteiger partial charge in [-0.2, -0.15) is 0 Å². The second kappa shape index (κ2) is 4.94. The summed E-state index contributed by atoms with van der Waals surface area (Å²) in [5, 5.41) is 3.78. The quantitative estimate of drug-likeness (QED) is 0.858. The van der Waals surface area contributed by atoms with Gasteiger partial charge in [0.2, 0.25) is 0 Å². The summed E-state index contributed by atoms with van der Waals surface area (Å²) in [4.78, 5) is 15.9. The van der Waals surface area contributed by atoms with E-state index < -0.39 is 0 Å². The molecule has 0 spiro atoms. The van der Waals surface area contributed by atoms with E-state index in [4.69, 9.17) is 16.0 Å². The molecule has 1 aromatic carbocycles. The molecule has 1 saturated heterocycles. The molecular weight excluding hydrogens is 264 g/mol. The van der Waals surface area contributed by atoms with Crippen LogP contribution in [0.15, 0.2) is 16.5 Å². The Morgan fingerprint density at radius 1 is 1.53 bits per heavy atom. The standard InChI is InChI=1S/C14H15ClN2O2/c1-8(18)10-5-11(15)13-12(6-10)17-14(19-13)9-3-2-4-16-7-9/h5-6,9,16H,2-4,7H2,1H3. The summed E-state index contributed by atoms with van der Waals surface area (Å²) in [6.07, 6.45) is 2.19. The Labute approximate surface area is 116 Å². The Bertz CT molecular complexity index is 630. The predicted molar refractivity (Wildman–Crippen MR) is 73.9 cm³/mol. The molecule has 1 aliphatic heterocycles. The third kappa shape index (κ3) is 2.38. The summed E-state index contributed by atoms with van der Waals surface area (Å²) < 4.78 is 5.78. The fourth-order valence-electron chi connectivity index (χ4n) is 2.45. The van der Waals surface area contributed by atoms with Crippen LogP contribution < -0.4 is 5.32 Å². The van der Waals surface area contributed by atoms with Gasteiger partial charge in [-0.05, 0) is 38.4 Å². The van der Waals surface area contributed by atoms with Crippen molar-refractivity contribution in [2.45, 2.75) is 25.7 Å². The fourth-order valence-corrected chi connectivity index (χ4v) is 2.70. The van der Waals surface area contributed by atoms with Crippen molar-refractivity contribution in [2.75, 3.05) is 13.1 Å². The number of oxazole rings is 1. The topological polar surface area (TPSA) is 55.1 Å². The fraction of sp³-hybridized carbons (Fsp3) is 0.429. The van der Waals surface area contributed by atoms with Gasteiger partial charge in [0.1, 0.15) is 5.52 Å². The molecule has 1 aliphatic rings. The van der Waals surface area contributed by atoms with Crippen molar-refractivity contribution in [1.29, 1.82) is 0 Å². The maximum Gasteiger partial charge on any atom is 0.199 e. The molecule has 2 heterocycles. The monoisotopic (exact) mass is 278 g/mol. The van der Waals surface area contributed by atoms with Gasteiger partial charge in [-0.15, -0.1) is 0 Å². The Hall–Kier alpha value is -1.39. The molecule has 100 valence electrons. The molecule has 0 amide bonds. The molecule has 1 N–H and O–H groups in total. The number of hydrogen-bond donors (Lipinski definition) is 1. The third-order valence-corrected chi connectivity index (χ3v) is 3.79. The Morgan fingerprint density at radius 3 is 3.05 bits per heavy atom. The van der Waals surface area contributed by atoms with Crippen LogP contribution in [0.3, 0.4) is 0 Å². The van der Waals surface area contributed by atoms with Crippen molar-refractivity contribution in [2.24, 2.45) is 0 Å². The smallest absolute Gasteiger partial charge is 0.199 e. The molecule has 19 heavy (non-hydrogen) atoms. The zero-order valence-electron chi connectivity index (χ0n) is 10.7. The Kier molecular flexibility index (Phi) is 3.29. The highest BCUT2D eigenvalue weighted by Crippen LogP contribution is 2.31. The zero-order valence-corrected chi connectivity index (χ0v) is 11.5. The first-order chi connectivity index (χ1) is 9.15. The minimum absolute atomic E-state index is 0.0207. The summed E-state index contributed by atoms with van der Waals surface area (Å²) in [5.74, 6) is 0.982. The van der Waals surface area contributed by atoms with Crippen molar-refractivity contribution in [3.63, 3.8) is 0 Å². The van der Waals surface area contributed by atoms with Gasteiger partial charge in [-0.25, -0.2) is 4.98 Å². The molecule has 1 atom stereocenters. The van der Waals surface area contributed by atoms with Crippen molar-refractivity contribution in [3.8, 4) is 0 Å². The van der Waals surface area contributed by atoms with Gasteiger partial charge in [0.15, 0.2) is 17.3 Å². The molecule has 0 aliphatic carbocycles. The molecule has 0 saturated carbocycles. The number of Topliss-reactive ketones (excluding diaryl/α,β-unsaturated/α-hetero) is 1. The number of benzene rings is 1. The van der Waals surface area contributed by atoms with E-state index in [1.807, 2.05) is 0 Å². The molecule has 0 bridgehead atoms. The van der Waals surface area contributed by atoms with E-state index in [1.54, 1.807) is 12.1 Å². The van der Waals surface area contributed by atoms with E-state index in [0.717, 1.165) is 25.9 Å². The number of fused-ring (bicyclic) bond motifs is 1. The summed E-state index contributed by atoms with van der Waals surface area (Å²) in [6, 6.07) is 3.38. The maximum absolute atomic E-state index is 11.4. The first-order valence-corrected chi connectivity index (χ1v) is 6.84. The van der Waals surface area contributed by atoms with Crippen LogP contribution in [0.2, 0.25) is 5.02 Å². The normalized spacial score (nSPS) is 19.8. The average Bonchev–Trinajstić information content (AvgIpc) is 2.84. The molecule has 0 radical (unpaired) electrons. The summed E-state index contributed by atoms with van der Waals surface area (Å²) in [7, 11) is 0. The third-order valence-electron chi connectivity index (χ3n) is 3.51. The Morgan fingerprint density at radius 2 is 2.37 bits per heavy atom. The molecule has 1 aromatic heterocycles. The first kappa shape index (κ1) is 12.6. The minimum atomic E-state index is -0.0207. The number of piperidine rings is 1. The number of ketones is 1. The number of hydrogen-bond acceptors (Lipinski definition) is 4. The van der Waals surface area contributed by atoms with E-state index in [-0.39, 0.29) is 11.7 Å². The van der Waals surface area contributed by atoms with Gasteiger partial charge >= 0.3 is 0 Å². The SMILES string of the molecule is CC(=O)c1cc(Cl)c2oc(C3CCCNC3)nc2c1. The van der Waals surface area contributed by atoms with E-state index in [1.165, 1.54) is 6.92 Å². The van der Waals surface area contributed by atoms with E-state index >= 15 is 0 Å². The van der Waals surface area contributed by atoms with Gasteiger partial charge in [0.05, 0.1) is 5.02 Å². The molecule has 5 heteroatoms. The second-order valence-corrected chi connectivity index (χ2v) is 5.37. The van der Waals surface area contributed by atoms with Crippen LogP contribution in [0, 0.1) is 0 Å². The number of carbonyl (C=O) groups is 1. The highest BCUT2D eigenvalue weighted by atomic mass is 35.5. The average molecular weight is 279 g/mol. The van der Waals surface area contributed by atoms with E-state index in [9.17, 15) is 4.79 Å². The van der Waals surface area contributed by atoms with E-state index in [2.05, 4.69) is 10.3 Å². The lowest BCUT2D eigenvalue weighted by Gasteiger charge is -2.19. The van der Waals surface area contributed by atoms with E-state index in [0.29, 0.717) is 27.6 Å². The largest absolute Gasteiger partial charge is 0.439 e. The van der Waals surface area contributed by atoms with Crippen molar-refractivity contribution in [3.05, 3.63) is 28.6 Å². The molecule has 3 rings (SSSR count). The zero-order chi connectivity index (χ0) is 13.4. The van der Waals surface area contributed by atoms with Gasteiger partial charge < -0.3 is 9.73 Å². The first-order valence-electron chi connectivity index (χ1n) is 6.47. The molecule has 1 fully saturated rings. The number of rotatable bonds is 2. The number of carbonyl (C=O) groups excluding carboxylic acids is 1. The van der Waals surface area contributed by atoms with Crippen LogP contribution >= 0.6 is 11.6 Å². The molecule has 2 aromatic rings. The highest BCUT2D eigenvalue weighted by Gasteiger charge is 2.22. The van der Waals surface area contributed by atoms with Crippen LogP contribution in [0.5, 0.6) is 0 Å². The van der Waals surface area contributed by atoms with Crippen LogP contribution in [-0.4, -0.2) is 23.9 Å². The van der Waals surface area contributed by atoms with Gasteiger partial charge in [0, 0.05) is 18.0 Å². The Balaban J connectivity index is 2.04. The minimum Gasteiger partial charge on any atom is -0.439 e. The van der Waals surface area contributed by atoms with Gasteiger partial charge in [0.25, 0.3) is 0 Å². The number of halogens is 1. The van der Waals surface area contributed by atoms with Crippen molar-refractivity contribution >= 4 is 28.5 Å². The van der Waals surface area contributed by atoms with Gasteiger partial charge in [-0.1, -0.05) is 11.6 Å². The van der Waals surface area contributed by atoms with Gasteiger partial charge in [-0.3, -0.25) is 4.79 Å². The lowest BCUT2D eigenvalue weighted by atomic mass is 10.00. The number of nitrogens with zero attached hydrogens (tertiary/aromatic N) is 1. The lowest BCUT2D eigenvalue weighted by Crippen LogP contribution is -2.28. The summed E-state index contributed by atoms with van der Waals surface area (Å²) >= 11 is 6.16. The molecule has 1 unspecified atom stereocenters. The predicted octanol–water partition coefficient (Wildman–Crippen LogP) is 3.15.